The average Bonchev–Trinajstić information content (AvgIpc) is 3.35. The molecule has 0 fully saturated rings. The van der Waals surface area contributed by atoms with Crippen molar-refractivity contribution in [2.75, 3.05) is 40.9 Å². The first-order valence-corrected chi connectivity index (χ1v) is 32.8. The summed E-state index contributed by atoms with van der Waals surface area (Å²) in [4.78, 5) is 37.7. The van der Waals surface area contributed by atoms with Gasteiger partial charge in [-0.25, -0.2) is 4.57 Å². The molecule has 0 aromatic carbocycles. The lowest BCUT2D eigenvalue weighted by molar-refractivity contribution is -0.870. The number of nitrogens with zero attached hydrogens (tertiary/aromatic N) is 1. The summed E-state index contributed by atoms with van der Waals surface area (Å²) < 4.78 is 30.7. The van der Waals surface area contributed by atoms with E-state index in [9.17, 15) is 19.0 Å². The topological polar surface area (TPSA) is 111 Å². The SMILES string of the molecule is CCCCC/C=C\C/C=C\CCCCCCCCCCCC(=O)OC(/C=C/CCCCCCCCCCCCC)C(COP(=O)(O)OCC[N+](C)(C)C)NC(=O)CCCCCCCCCCCCCCCCC. The number of phosphoric ester groups is 1. The Kier molecular flexibility index (Phi) is 52.3. The zero-order valence-corrected chi connectivity index (χ0v) is 50.0. The molecule has 0 aliphatic carbocycles. The van der Waals surface area contributed by atoms with Gasteiger partial charge in [0, 0.05) is 12.8 Å². The Morgan fingerprint density at radius 3 is 1.26 bits per heavy atom. The van der Waals surface area contributed by atoms with Gasteiger partial charge in [0.25, 0.3) is 0 Å². The lowest BCUT2D eigenvalue weighted by Crippen LogP contribution is -2.47. The van der Waals surface area contributed by atoms with E-state index in [1.165, 1.54) is 205 Å². The van der Waals surface area contributed by atoms with E-state index in [0.29, 0.717) is 23.9 Å². The van der Waals surface area contributed by atoms with E-state index in [2.05, 4.69) is 50.4 Å². The fourth-order valence-corrected chi connectivity index (χ4v) is 9.94. The number of amides is 1. The third-order valence-corrected chi connectivity index (χ3v) is 15.1. The number of rotatable bonds is 57. The van der Waals surface area contributed by atoms with Crippen LogP contribution < -0.4 is 5.32 Å². The number of quaternary nitrogens is 1. The Morgan fingerprint density at radius 1 is 0.479 bits per heavy atom. The molecule has 0 aromatic heterocycles. The molecule has 0 aliphatic heterocycles. The number of hydrogen-bond acceptors (Lipinski definition) is 6. The average molecular weight is 1050 g/mol. The molecule has 0 saturated heterocycles. The van der Waals surface area contributed by atoms with Crippen LogP contribution in [-0.4, -0.2) is 74.3 Å². The number of unbranched alkanes of at least 4 members (excludes halogenated alkanes) is 37. The van der Waals surface area contributed by atoms with Crippen molar-refractivity contribution in [2.24, 2.45) is 0 Å². The first kappa shape index (κ1) is 71.2. The molecular weight excluding hydrogens is 928 g/mol. The summed E-state index contributed by atoms with van der Waals surface area (Å²) >= 11 is 0. The van der Waals surface area contributed by atoms with Gasteiger partial charge < -0.3 is 19.4 Å². The molecule has 0 spiro atoms. The fraction of sp³-hybridized carbons (Fsp3) is 0.873. The van der Waals surface area contributed by atoms with Gasteiger partial charge in [0.2, 0.25) is 5.91 Å². The molecule has 2 N–H and O–H groups in total. The molecule has 73 heavy (non-hydrogen) atoms. The second-order valence-electron chi connectivity index (χ2n) is 22.6. The standard InChI is InChI=1S/C63H121N2O7P/c1-7-10-13-16-19-22-25-28-30-31-32-33-35-38-41-44-47-50-53-56-63(67)72-61(54-51-48-45-42-39-36-27-24-21-18-15-12-9-3)60(59-71-73(68,69)70-58-57-65(4,5)6)64-62(66)55-52-49-46-43-40-37-34-29-26-23-20-17-14-11-8-2/h19,22,28,30,51,54,60-61H,7-18,20-21,23-27,29,31-50,52-53,55-59H2,1-6H3,(H-,64,66,68,69)/p+1/b22-19-,30-28-,54-51+. The summed E-state index contributed by atoms with van der Waals surface area (Å²) in [5, 5.41) is 3.06. The molecule has 0 saturated carbocycles. The number of carbonyl (C=O) groups is 2. The highest BCUT2D eigenvalue weighted by Crippen LogP contribution is 2.43. The number of allylic oxidation sites excluding steroid dienone is 5. The van der Waals surface area contributed by atoms with Gasteiger partial charge in [0.05, 0.1) is 33.8 Å². The van der Waals surface area contributed by atoms with Crippen LogP contribution in [0.2, 0.25) is 0 Å². The lowest BCUT2D eigenvalue weighted by atomic mass is 10.0. The van der Waals surface area contributed by atoms with Gasteiger partial charge in [-0.05, 0) is 63.9 Å². The molecule has 3 atom stereocenters. The van der Waals surface area contributed by atoms with Gasteiger partial charge in [0.1, 0.15) is 19.3 Å². The van der Waals surface area contributed by atoms with Crippen molar-refractivity contribution in [3.05, 3.63) is 36.5 Å². The molecule has 3 unspecified atom stereocenters. The van der Waals surface area contributed by atoms with Crippen molar-refractivity contribution in [1.82, 2.24) is 5.32 Å². The van der Waals surface area contributed by atoms with E-state index in [1.54, 1.807) is 0 Å². The summed E-state index contributed by atoms with van der Waals surface area (Å²) in [5.74, 6) is -0.496. The van der Waals surface area contributed by atoms with Gasteiger partial charge in [-0.1, -0.05) is 263 Å². The van der Waals surface area contributed by atoms with E-state index in [-0.39, 0.29) is 25.1 Å². The van der Waals surface area contributed by atoms with Gasteiger partial charge in [0.15, 0.2) is 0 Å². The second-order valence-corrected chi connectivity index (χ2v) is 24.0. The minimum absolute atomic E-state index is 0.0420. The monoisotopic (exact) mass is 1050 g/mol. The van der Waals surface area contributed by atoms with Gasteiger partial charge in [-0.3, -0.25) is 18.6 Å². The number of carbonyl (C=O) groups excluding carboxylic acids is 2. The first-order chi connectivity index (χ1) is 35.4. The molecule has 0 rings (SSSR count). The highest BCUT2D eigenvalue weighted by atomic mass is 31.2. The number of esters is 1. The fourth-order valence-electron chi connectivity index (χ4n) is 9.21. The predicted molar refractivity (Wildman–Crippen MR) is 314 cm³/mol. The maximum atomic E-state index is 13.5. The van der Waals surface area contributed by atoms with Crippen LogP contribution in [0.15, 0.2) is 36.5 Å². The van der Waals surface area contributed by atoms with Crippen LogP contribution in [0.5, 0.6) is 0 Å². The van der Waals surface area contributed by atoms with Crippen LogP contribution in [0.4, 0.5) is 0 Å². The van der Waals surface area contributed by atoms with Crippen LogP contribution in [0.3, 0.4) is 0 Å². The van der Waals surface area contributed by atoms with Crippen molar-refractivity contribution in [2.45, 2.75) is 315 Å². The maximum Gasteiger partial charge on any atom is 0.472 e. The summed E-state index contributed by atoms with van der Waals surface area (Å²) in [6.07, 6.45) is 64.1. The maximum absolute atomic E-state index is 13.5. The largest absolute Gasteiger partial charge is 0.472 e. The van der Waals surface area contributed by atoms with Gasteiger partial charge >= 0.3 is 13.8 Å². The minimum atomic E-state index is -4.44. The molecule has 0 heterocycles. The van der Waals surface area contributed by atoms with E-state index < -0.39 is 20.0 Å². The number of likely N-dealkylation sites (N-methyl/N-ethyl adjacent to an activating group) is 1. The number of hydrogen-bond donors (Lipinski definition) is 2. The molecule has 0 radical (unpaired) electrons. The molecular formula is C63H122N2O7P+. The highest BCUT2D eigenvalue weighted by Gasteiger charge is 2.30. The first-order valence-electron chi connectivity index (χ1n) is 31.3. The summed E-state index contributed by atoms with van der Waals surface area (Å²) in [5.41, 5.74) is 0. The summed E-state index contributed by atoms with van der Waals surface area (Å²) in [6.45, 7) is 7.02. The Bertz CT molecular complexity index is 1350. The Labute approximate surface area is 453 Å². The normalized spacial score (nSPS) is 13.9. The van der Waals surface area contributed by atoms with Crippen molar-refractivity contribution in [1.29, 1.82) is 0 Å². The number of phosphoric acid groups is 1. The number of nitrogens with one attached hydrogen (secondary N) is 1. The summed E-state index contributed by atoms with van der Waals surface area (Å²) in [7, 11) is 1.51. The van der Waals surface area contributed by atoms with Crippen molar-refractivity contribution < 1.29 is 37.3 Å². The smallest absolute Gasteiger partial charge is 0.456 e. The second kappa shape index (κ2) is 53.6. The Balaban J connectivity index is 5.26. The van der Waals surface area contributed by atoms with E-state index in [4.69, 9.17) is 13.8 Å². The zero-order chi connectivity index (χ0) is 53.6. The molecule has 10 heteroatoms. The molecule has 0 aromatic rings. The third kappa shape index (κ3) is 54.8. The summed E-state index contributed by atoms with van der Waals surface area (Å²) in [6, 6.07) is -0.845. The van der Waals surface area contributed by atoms with Crippen LogP contribution in [0.25, 0.3) is 0 Å². The Hall–Kier alpha value is -1.77. The molecule has 9 nitrogen and oxygen atoms in total. The third-order valence-electron chi connectivity index (χ3n) is 14.1. The molecule has 0 bridgehead atoms. The van der Waals surface area contributed by atoms with E-state index in [1.807, 2.05) is 33.3 Å². The highest BCUT2D eigenvalue weighted by molar-refractivity contribution is 7.47. The van der Waals surface area contributed by atoms with Crippen LogP contribution in [0, 0.1) is 0 Å². The minimum Gasteiger partial charge on any atom is -0.456 e. The van der Waals surface area contributed by atoms with Crippen molar-refractivity contribution in [3.63, 3.8) is 0 Å². The zero-order valence-electron chi connectivity index (χ0n) is 49.1. The Morgan fingerprint density at radius 2 is 0.836 bits per heavy atom. The predicted octanol–water partition coefficient (Wildman–Crippen LogP) is 19.1. The number of ether oxygens (including phenoxy) is 1. The molecule has 1 amide bonds. The van der Waals surface area contributed by atoms with Crippen molar-refractivity contribution in [3.8, 4) is 0 Å². The van der Waals surface area contributed by atoms with Gasteiger partial charge in [-0.2, -0.15) is 0 Å². The van der Waals surface area contributed by atoms with Gasteiger partial charge in [-0.15, -0.1) is 0 Å². The van der Waals surface area contributed by atoms with Crippen LogP contribution in [0.1, 0.15) is 303 Å². The molecule has 0 aliphatic rings. The lowest BCUT2D eigenvalue weighted by Gasteiger charge is -2.27. The quantitative estimate of drug-likeness (QED) is 0.0205. The van der Waals surface area contributed by atoms with Crippen molar-refractivity contribution >= 4 is 19.7 Å². The van der Waals surface area contributed by atoms with E-state index >= 15 is 0 Å². The molecule has 430 valence electrons. The van der Waals surface area contributed by atoms with Crippen LogP contribution in [-0.2, 0) is 27.9 Å². The van der Waals surface area contributed by atoms with E-state index in [0.717, 1.165) is 64.2 Å². The van der Waals surface area contributed by atoms with Crippen LogP contribution >= 0.6 is 7.82 Å².